The van der Waals surface area contributed by atoms with Crippen LogP contribution in [-0.2, 0) is 24.3 Å². The molecule has 0 aromatic heterocycles. The van der Waals surface area contributed by atoms with Crippen molar-refractivity contribution in [1.29, 1.82) is 0 Å². The number of sulfonamides is 1. The van der Waals surface area contributed by atoms with Crippen LogP contribution in [0.5, 0.6) is 11.5 Å². The van der Waals surface area contributed by atoms with Gasteiger partial charge in [0.1, 0.15) is 0 Å². The second-order valence-electron chi connectivity index (χ2n) is 8.53. The minimum atomic E-state index is -4.19. The van der Waals surface area contributed by atoms with Crippen LogP contribution in [0, 0.1) is 6.92 Å². The third-order valence-corrected chi connectivity index (χ3v) is 7.30. The Morgan fingerprint density at radius 3 is 2.13 bits per heavy atom. The summed E-state index contributed by atoms with van der Waals surface area (Å²) in [7, 11) is -1.62. The zero-order valence-corrected chi connectivity index (χ0v) is 22.3. The van der Waals surface area contributed by atoms with E-state index in [1.807, 2.05) is 6.92 Å². The van der Waals surface area contributed by atoms with E-state index < -0.39 is 39.7 Å². The molecule has 200 valence electrons. The van der Waals surface area contributed by atoms with E-state index in [2.05, 4.69) is 4.72 Å². The number of ether oxygens (including phenoxy) is 3. The number of hydrogen-bond donors (Lipinski definition) is 1. The first-order chi connectivity index (χ1) is 18.1. The van der Waals surface area contributed by atoms with Crippen LogP contribution in [0.1, 0.15) is 40.7 Å². The summed E-state index contributed by atoms with van der Waals surface area (Å²) >= 11 is 0. The quantitative estimate of drug-likeness (QED) is 0.222. The van der Waals surface area contributed by atoms with E-state index in [1.54, 1.807) is 48.5 Å². The lowest BCUT2D eigenvalue weighted by Gasteiger charge is -2.27. The van der Waals surface area contributed by atoms with E-state index >= 15 is 0 Å². The van der Waals surface area contributed by atoms with Gasteiger partial charge >= 0.3 is 11.9 Å². The molecule has 0 aliphatic carbocycles. The number of rotatable bonds is 11. The molecule has 3 aromatic carbocycles. The van der Waals surface area contributed by atoms with Gasteiger partial charge in [0, 0.05) is 18.4 Å². The average Bonchev–Trinajstić information content (AvgIpc) is 2.90. The maximum absolute atomic E-state index is 13.8. The summed E-state index contributed by atoms with van der Waals surface area (Å²) in [6.45, 7) is 3.06. The highest BCUT2D eigenvalue weighted by atomic mass is 32.2. The molecule has 9 nitrogen and oxygen atoms in total. The Labute approximate surface area is 221 Å². The lowest BCUT2D eigenvalue weighted by Crippen LogP contribution is -2.45. The molecule has 0 radical (unpaired) electrons. The Kier molecular flexibility index (Phi) is 9.38. The molecule has 0 amide bonds. The van der Waals surface area contributed by atoms with Crippen molar-refractivity contribution in [1.82, 2.24) is 4.72 Å². The molecule has 0 aliphatic rings. The van der Waals surface area contributed by atoms with Gasteiger partial charge in [-0.2, -0.15) is 4.72 Å². The van der Waals surface area contributed by atoms with Gasteiger partial charge in [-0.3, -0.25) is 14.4 Å². The Balaban J connectivity index is 2.16. The van der Waals surface area contributed by atoms with Crippen LogP contribution >= 0.6 is 0 Å². The highest BCUT2D eigenvalue weighted by Gasteiger charge is 2.36. The maximum atomic E-state index is 13.8. The van der Waals surface area contributed by atoms with Crippen molar-refractivity contribution in [2.45, 2.75) is 37.1 Å². The van der Waals surface area contributed by atoms with Crippen molar-refractivity contribution >= 4 is 27.7 Å². The number of benzene rings is 3. The molecule has 1 N–H and O–H groups in total. The third kappa shape index (κ3) is 7.05. The van der Waals surface area contributed by atoms with E-state index in [-0.39, 0.29) is 28.4 Å². The summed E-state index contributed by atoms with van der Waals surface area (Å²) in [4.78, 5) is 37.7. The number of Topliss-reactive ketones (excluding diaryl/α,β-unsaturated/α-hetero) is 1. The number of nitrogens with one attached hydrogen (secondary N) is 1. The van der Waals surface area contributed by atoms with Crippen molar-refractivity contribution in [2.24, 2.45) is 0 Å². The number of ketones is 1. The van der Waals surface area contributed by atoms with Gasteiger partial charge in [-0.15, -0.1) is 0 Å². The SMILES string of the molecule is COC(=O)C[C@@H](c1ccc(OC(C)=O)c(OC)c1)[C@H](NS(=O)(=O)c1ccc(C)cc1)C(=O)c1ccccc1. The van der Waals surface area contributed by atoms with Gasteiger partial charge in [-0.1, -0.05) is 54.1 Å². The molecular formula is C28H29NO8S. The lowest BCUT2D eigenvalue weighted by molar-refractivity contribution is -0.141. The second-order valence-corrected chi connectivity index (χ2v) is 10.2. The fraction of sp³-hybridized carbons (Fsp3) is 0.250. The van der Waals surface area contributed by atoms with Gasteiger partial charge in [-0.25, -0.2) is 8.42 Å². The first-order valence-electron chi connectivity index (χ1n) is 11.7. The fourth-order valence-corrected chi connectivity index (χ4v) is 5.13. The summed E-state index contributed by atoms with van der Waals surface area (Å²) in [5.41, 5.74) is 1.51. The first kappa shape index (κ1) is 28.5. The van der Waals surface area contributed by atoms with Gasteiger partial charge in [0.15, 0.2) is 17.3 Å². The molecule has 0 unspecified atom stereocenters. The predicted molar refractivity (Wildman–Crippen MR) is 140 cm³/mol. The Morgan fingerprint density at radius 1 is 0.895 bits per heavy atom. The van der Waals surface area contributed by atoms with Crippen molar-refractivity contribution in [3.8, 4) is 11.5 Å². The molecule has 38 heavy (non-hydrogen) atoms. The summed E-state index contributed by atoms with van der Waals surface area (Å²) in [5, 5.41) is 0. The minimum absolute atomic E-state index is 0.0337. The highest BCUT2D eigenvalue weighted by Crippen LogP contribution is 2.35. The van der Waals surface area contributed by atoms with Crippen LogP contribution in [0.25, 0.3) is 0 Å². The topological polar surface area (TPSA) is 125 Å². The smallest absolute Gasteiger partial charge is 0.308 e. The Morgan fingerprint density at radius 2 is 1.55 bits per heavy atom. The molecule has 0 spiro atoms. The largest absolute Gasteiger partial charge is 0.493 e. The van der Waals surface area contributed by atoms with Gasteiger partial charge in [0.2, 0.25) is 10.0 Å². The number of aryl methyl sites for hydroxylation is 1. The van der Waals surface area contributed by atoms with E-state index in [1.165, 1.54) is 45.4 Å². The summed E-state index contributed by atoms with van der Waals surface area (Å²) in [6.07, 6.45) is -0.327. The van der Waals surface area contributed by atoms with Crippen molar-refractivity contribution in [3.05, 3.63) is 89.5 Å². The Bertz CT molecular complexity index is 1400. The zero-order valence-electron chi connectivity index (χ0n) is 21.5. The van der Waals surface area contributed by atoms with Gasteiger partial charge in [0.05, 0.1) is 31.6 Å². The van der Waals surface area contributed by atoms with Crippen LogP contribution in [0.4, 0.5) is 0 Å². The van der Waals surface area contributed by atoms with Crippen molar-refractivity contribution in [3.63, 3.8) is 0 Å². The normalized spacial score (nSPS) is 12.7. The third-order valence-electron chi connectivity index (χ3n) is 5.84. The monoisotopic (exact) mass is 539 g/mol. The molecule has 0 bridgehead atoms. The van der Waals surface area contributed by atoms with Gasteiger partial charge in [0.25, 0.3) is 0 Å². The zero-order chi connectivity index (χ0) is 27.9. The molecule has 0 saturated heterocycles. The predicted octanol–water partition coefficient (Wildman–Crippen LogP) is 3.81. The van der Waals surface area contributed by atoms with Crippen molar-refractivity contribution < 1.29 is 37.0 Å². The summed E-state index contributed by atoms with van der Waals surface area (Å²) in [5.74, 6) is -2.47. The summed E-state index contributed by atoms with van der Waals surface area (Å²) in [6, 6.07) is 17.4. The Hall–Kier alpha value is -4.02. The van der Waals surface area contributed by atoms with E-state index in [9.17, 15) is 22.8 Å². The van der Waals surface area contributed by atoms with Gasteiger partial charge in [-0.05, 0) is 36.8 Å². The van der Waals surface area contributed by atoms with E-state index in [0.29, 0.717) is 5.56 Å². The fourth-order valence-electron chi connectivity index (χ4n) is 3.90. The molecule has 0 fully saturated rings. The van der Waals surface area contributed by atoms with Crippen LogP contribution in [0.3, 0.4) is 0 Å². The maximum Gasteiger partial charge on any atom is 0.308 e. The van der Waals surface area contributed by atoms with E-state index in [4.69, 9.17) is 14.2 Å². The van der Waals surface area contributed by atoms with Crippen LogP contribution in [-0.4, -0.2) is 46.4 Å². The molecule has 0 saturated carbocycles. The number of carbonyl (C=O) groups is 3. The minimum Gasteiger partial charge on any atom is -0.493 e. The average molecular weight is 540 g/mol. The molecule has 0 heterocycles. The van der Waals surface area contributed by atoms with Crippen LogP contribution in [0.2, 0.25) is 0 Å². The lowest BCUT2D eigenvalue weighted by atomic mass is 9.84. The highest BCUT2D eigenvalue weighted by molar-refractivity contribution is 7.89. The standard InChI is InChI=1S/C28H29NO8S/c1-18-10-13-22(14-11-18)38(33,34)29-27(28(32)20-8-6-5-7-9-20)23(17-26(31)36-4)21-12-15-24(37-19(2)30)25(16-21)35-3/h5-16,23,27,29H,17H2,1-4H3/t23-,27-/m0/s1. The molecule has 3 rings (SSSR count). The first-order valence-corrected chi connectivity index (χ1v) is 13.2. The van der Waals surface area contributed by atoms with Crippen LogP contribution < -0.4 is 14.2 Å². The number of hydrogen-bond acceptors (Lipinski definition) is 8. The van der Waals surface area contributed by atoms with Gasteiger partial charge < -0.3 is 14.2 Å². The molecule has 3 aromatic rings. The van der Waals surface area contributed by atoms with Crippen molar-refractivity contribution in [2.75, 3.05) is 14.2 Å². The molecular weight excluding hydrogens is 510 g/mol. The number of carbonyl (C=O) groups excluding carboxylic acids is 3. The molecule has 0 aliphatic heterocycles. The second kappa shape index (κ2) is 12.5. The molecule has 10 heteroatoms. The number of esters is 2. The molecule has 2 atom stereocenters. The number of methoxy groups -OCH3 is 2. The summed E-state index contributed by atoms with van der Waals surface area (Å²) < 4.78 is 44.8. The van der Waals surface area contributed by atoms with Crippen LogP contribution in [0.15, 0.2) is 77.7 Å². The van der Waals surface area contributed by atoms with E-state index in [0.717, 1.165) is 5.56 Å².